The van der Waals surface area contributed by atoms with E-state index in [1.807, 2.05) is 11.8 Å². The summed E-state index contributed by atoms with van der Waals surface area (Å²) in [5.41, 5.74) is 0.995. The molecule has 0 aromatic carbocycles. The van der Waals surface area contributed by atoms with Gasteiger partial charge >= 0.3 is 0 Å². The Kier molecular flexibility index (Phi) is 2.38. The molecule has 1 heterocycles. The molecule has 0 radical (unpaired) electrons. The lowest BCUT2D eigenvalue weighted by atomic mass is 10.3. The molecule has 4 nitrogen and oxygen atoms in total. The van der Waals surface area contributed by atoms with Crippen LogP contribution in [0.25, 0.3) is 0 Å². The fourth-order valence-electron chi connectivity index (χ4n) is 1.19. The van der Waals surface area contributed by atoms with Gasteiger partial charge in [0.15, 0.2) is 4.60 Å². The summed E-state index contributed by atoms with van der Waals surface area (Å²) in [4.78, 5) is 1.83. The van der Waals surface area contributed by atoms with Crippen LogP contribution in [0.1, 0.15) is 37.5 Å². The van der Waals surface area contributed by atoms with E-state index in [-0.39, 0.29) is 6.04 Å². The fraction of sp³-hybridized carbons (Fsp3) is 0.750. The number of hydrogen-bond acceptors (Lipinski definition) is 3. The molecule has 0 bridgehead atoms. The van der Waals surface area contributed by atoms with Crippen molar-refractivity contribution < 1.29 is 0 Å². The molecular formula is C8H13BrN4. The van der Waals surface area contributed by atoms with Crippen molar-refractivity contribution in [1.29, 1.82) is 0 Å². The van der Waals surface area contributed by atoms with Crippen LogP contribution in [0.5, 0.6) is 0 Å². The monoisotopic (exact) mass is 244 g/mol. The molecule has 0 spiro atoms. The van der Waals surface area contributed by atoms with Crippen molar-refractivity contribution in [1.82, 2.24) is 20.3 Å². The van der Waals surface area contributed by atoms with Crippen LogP contribution in [0.4, 0.5) is 0 Å². The fourth-order valence-corrected chi connectivity index (χ4v) is 1.77. The van der Waals surface area contributed by atoms with Crippen molar-refractivity contribution in [3.05, 3.63) is 10.3 Å². The Morgan fingerprint density at radius 1 is 1.54 bits per heavy atom. The van der Waals surface area contributed by atoms with Gasteiger partial charge in [-0.05, 0) is 42.7 Å². The Labute approximate surface area is 85.8 Å². The first-order valence-corrected chi connectivity index (χ1v) is 5.31. The van der Waals surface area contributed by atoms with E-state index in [0.717, 1.165) is 10.3 Å². The van der Waals surface area contributed by atoms with Crippen LogP contribution in [0.3, 0.4) is 0 Å². The van der Waals surface area contributed by atoms with Crippen LogP contribution < -0.4 is 5.32 Å². The highest BCUT2D eigenvalue weighted by Gasteiger charge is 2.27. The van der Waals surface area contributed by atoms with Gasteiger partial charge in [0.1, 0.15) is 5.69 Å². The number of hydrogen-bond donors (Lipinski definition) is 1. The van der Waals surface area contributed by atoms with Crippen molar-refractivity contribution in [3.8, 4) is 0 Å². The van der Waals surface area contributed by atoms with Gasteiger partial charge in [0.25, 0.3) is 0 Å². The van der Waals surface area contributed by atoms with Gasteiger partial charge in [-0.1, -0.05) is 0 Å². The van der Waals surface area contributed by atoms with E-state index in [2.05, 4.69) is 38.4 Å². The van der Waals surface area contributed by atoms with Gasteiger partial charge in [-0.15, -0.1) is 5.10 Å². The molecule has 1 atom stereocenters. The van der Waals surface area contributed by atoms with Crippen LogP contribution in [0.15, 0.2) is 4.60 Å². The summed E-state index contributed by atoms with van der Waals surface area (Å²) < 4.78 is 0.862. The molecule has 2 rings (SSSR count). The second-order valence-corrected chi connectivity index (χ2v) is 4.19. The first-order chi connectivity index (χ1) is 6.22. The molecule has 0 amide bonds. The summed E-state index contributed by atoms with van der Waals surface area (Å²) in [6.45, 7) is 2.08. The van der Waals surface area contributed by atoms with Gasteiger partial charge in [0, 0.05) is 0 Å². The Balaban J connectivity index is 2.24. The van der Waals surface area contributed by atoms with E-state index >= 15 is 0 Å². The van der Waals surface area contributed by atoms with Crippen molar-refractivity contribution in [3.63, 3.8) is 0 Å². The van der Waals surface area contributed by atoms with E-state index in [0.29, 0.717) is 6.04 Å². The molecule has 13 heavy (non-hydrogen) atoms. The molecule has 5 heteroatoms. The molecule has 1 unspecified atom stereocenters. The lowest BCUT2D eigenvalue weighted by molar-refractivity contribution is 0.532. The summed E-state index contributed by atoms with van der Waals surface area (Å²) in [5, 5.41) is 11.9. The molecule has 1 aliphatic rings. The van der Waals surface area contributed by atoms with E-state index < -0.39 is 0 Å². The minimum Gasteiger partial charge on any atom is -0.312 e. The van der Waals surface area contributed by atoms with Gasteiger partial charge in [-0.25, -0.2) is 0 Å². The maximum absolute atomic E-state index is 4.44. The zero-order valence-electron chi connectivity index (χ0n) is 7.79. The Hall–Kier alpha value is -0.420. The quantitative estimate of drug-likeness (QED) is 0.880. The number of nitrogens with one attached hydrogen (secondary N) is 1. The summed E-state index contributed by atoms with van der Waals surface area (Å²) in [6.07, 6.45) is 2.43. The molecule has 0 aliphatic heterocycles. The highest BCUT2D eigenvalue weighted by atomic mass is 79.9. The lowest BCUT2D eigenvalue weighted by Crippen LogP contribution is -2.13. The maximum atomic E-state index is 4.44. The number of halogens is 1. The maximum Gasteiger partial charge on any atom is 0.153 e. The number of rotatable bonds is 3. The van der Waals surface area contributed by atoms with Gasteiger partial charge in [-0.2, -0.15) is 9.90 Å². The minimum absolute atomic E-state index is 0.252. The molecular weight excluding hydrogens is 232 g/mol. The third-order valence-electron chi connectivity index (χ3n) is 2.33. The van der Waals surface area contributed by atoms with Crippen LogP contribution >= 0.6 is 15.9 Å². The van der Waals surface area contributed by atoms with E-state index in [4.69, 9.17) is 0 Å². The number of nitrogens with zero attached hydrogens (tertiary/aromatic N) is 3. The predicted molar refractivity (Wildman–Crippen MR) is 53.5 cm³/mol. The van der Waals surface area contributed by atoms with E-state index in [1.165, 1.54) is 12.8 Å². The van der Waals surface area contributed by atoms with Crippen LogP contribution in [-0.2, 0) is 0 Å². The molecule has 1 saturated carbocycles. The summed E-state index contributed by atoms with van der Waals surface area (Å²) in [6, 6.07) is 0.802. The summed E-state index contributed by atoms with van der Waals surface area (Å²) in [7, 11) is 1.92. The second-order valence-electron chi connectivity index (χ2n) is 3.44. The van der Waals surface area contributed by atoms with Crippen molar-refractivity contribution in [2.45, 2.75) is 31.8 Å². The molecule has 1 fully saturated rings. The topological polar surface area (TPSA) is 42.7 Å². The molecule has 1 aromatic heterocycles. The summed E-state index contributed by atoms with van der Waals surface area (Å²) in [5.74, 6) is 0. The highest BCUT2D eigenvalue weighted by Crippen LogP contribution is 2.34. The number of aromatic nitrogens is 3. The average molecular weight is 245 g/mol. The van der Waals surface area contributed by atoms with Gasteiger partial charge < -0.3 is 5.32 Å². The second kappa shape index (κ2) is 3.38. The first-order valence-electron chi connectivity index (χ1n) is 4.52. The molecule has 1 N–H and O–H groups in total. The summed E-state index contributed by atoms with van der Waals surface area (Å²) >= 11 is 3.42. The van der Waals surface area contributed by atoms with Crippen molar-refractivity contribution in [2.75, 3.05) is 7.05 Å². The zero-order chi connectivity index (χ0) is 9.42. The normalized spacial score (nSPS) is 19.0. The van der Waals surface area contributed by atoms with E-state index in [1.54, 1.807) is 0 Å². The smallest absolute Gasteiger partial charge is 0.153 e. The van der Waals surface area contributed by atoms with Gasteiger partial charge in [-0.3, -0.25) is 0 Å². The van der Waals surface area contributed by atoms with Gasteiger partial charge in [0.05, 0.1) is 12.1 Å². The van der Waals surface area contributed by atoms with Gasteiger partial charge in [0.2, 0.25) is 0 Å². The predicted octanol–water partition coefficient (Wildman–Crippen LogP) is 1.66. The largest absolute Gasteiger partial charge is 0.312 e. The lowest BCUT2D eigenvalue weighted by Gasteiger charge is -2.04. The first kappa shape index (κ1) is 9.15. The molecule has 1 aliphatic carbocycles. The van der Waals surface area contributed by atoms with E-state index in [9.17, 15) is 0 Å². The minimum atomic E-state index is 0.252. The molecule has 1 aromatic rings. The van der Waals surface area contributed by atoms with Crippen LogP contribution in [0, 0.1) is 0 Å². The average Bonchev–Trinajstić information content (AvgIpc) is 2.89. The SMILES string of the molecule is CNC(C)c1nn(C2CC2)nc1Br. The van der Waals surface area contributed by atoms with Crippen molar-refractivity contribution >= 4 is 15.9 Å². The Bertz CT molecular complexity index is 305. The van der Waals surface area contributed by atoms with Crippen LogP contribution in [-0.4, -0.2) is 22.0 Å². The van der Waals surface area contributed by atoms with Crippen molar-refractivity contribution in [2.24, 2.45) is 0 Å². The highest BCUT2D eigenvalue weighted by molar-refractivity contribution is 9.10. The third-order valence-corrected chi connectivity index (χ3v) is 2.89. The Morgan fingerprint density at radius 3 is 2.77 bits per heavy atom. The zero-order valence-corrected chi connectivity index (χ0v) is 9.37. The Morgan fingerprint density at radius 2 is 2.23 bits per heavy atom. The molecule has 0 saturated heterocycles. The third kappa shape index (κ3) is 1.76. The molecule has 72 valence electrons. The standard InChI is InChI=1S/C8H13BrN4/c1-5(10-2)7-8(9)12-13(11-7)6-3-4-6/h5-6,10H,3-4H2,1-2H3. The van der Waals surface area contributed by atoms with Crippen LogP contribution in [0.2, 0.25) is 0 Å².